The predicted molar refractivity (Wildman–Crippen MR) is 58.3 cm³/mol. The minimum absolute atomic E-state index is 0.623. The Balaban J connectivity index is 2.05. The van der Waals surface area contributed by atoms with Crippen LogP contribution < -0.4 is 4.90 Å². The molecule has 1 saturated heterocycles. The fourth-order valence-electron chi connectivity index (χ4n) is 1.63. The number of anilines is 1. The smallest absolute Gasteiger partial charge is 0.128 e. The number of pyridine rings is 1. The lowest BCUT2D eigenvalue weighted by molar-refractivity contribution is 0.276. The van der Waals surface area contributed by atoms with Crippen LogP contribution in [0.5, 0.6) is 0 Å². The molecule has 0 aromatic carbocycles. The molecule has 0 spiro atoms. The standard InChI is InChI=1S/C10H12BrFN2/c11-8-1-2-10(13-7-8)14-5-3-9(12)4-6-14/h1-2,7,9H,3-6H2. The second-order valence-corrected chi connectivity index (χ2v) is 4.41. The van der Waals surface area contributed by atoms with E-state index < -0.39 is 6.17 Å². The lowest BCUT2D eigenvalue weighted by Gasteiger charge is -2.29. The molecular weight excluding hydrogens is 247 g/mol. The molecule has 0 amide bonds. The van der Waals surface area contributed by atoms with Gasteiger partial charge in [0.1, 0.15) is 12.0 Å². The third-order valence-corrected chi connectivity index (χ3v) is 2.93. The fourth-order valence-corrected chi connectivity index (χ4v) is 1.87. The third-order valence-electron chi connectivity index (χ3n) is 2.46. The van der Waals surface area contributed by atoms with E-state index in [2.05, 4.69) is 25.8 Å². The van der Waals surface area contributed by atoms with Gasteiger partial charge in [-0.25, -0.2) is 9.37 Å². The molecule has 0 saturated carbocycles. The van der Waals surface area contributed by atoms with Crippen molar-refractivity contribution in [3.8, 4) is 0 Å². The first-order chi connectivity index (χ1) is 6.75. The van der Waals surface area contributed by atoms with E-state index in [1.165, 1.54) is 0 Å². The van der Waals surface area contributed by atoms with Crippen molar-refractivity contribution in [3.63, 3.8) is 0 Å². The van der Waals surface area contributed by atoms with Crippen molar-refractivity contribution in [2.24, 2.45) is 0 Å². The van der Waals surface area contributed by atoms with Crippen molar-refractivity contribution in [2.45, 2.75) is 19.0 Å². The van der Waals surface area contributed by atoms with Gasteiger partial charge in [-0.05, 0) is 40.9 Å². The summed E-state index contributed by atoms with van der Waals surface area (Å²) in [5.41, 5.74) is 0. The van der Waals surface area contributed by atoms with Crippen LogP contribution in [0, 0.1) is 0 Å². The molecule has 1 aromatic rings. The van der Waals surface area contributed by atoms with Gasteiger partial charge in [-0.2, -0.15) is 0 Å². The summed E-state index contributed by atoms with van der Waals surface area (Å²) >= 11 is 3.34. The van der Waals surface area contributed by atoms with E-state index in [1.54, 1.807) is 6.20 Å². The minimum Gasteiger partial charge on any atom is -0.356 e. The molecule has 0 atom stereocenters. The third kappa shape index (κ3) is 2.23. The maximum Gasteiger partial charge on any atom is 0.128 e. The minimum atomic E-state index is -0.623. The van der Waals surface area contributed by atoms with E-state index >= 15 is 0 Å². The molecule has 0 bridgehead atoms. The molecule has 4 heteroatoms. The second-order valence-electron chi connectivity index (χ2n) is 3.50. The van der Waals surface area contributed by atoms with Crippen molar-refractivity contribution < 1.29 is 4.39 Å². The van der Waals surface area contributed by atoms with Crippen LogP contribution in [-0.4, -0.2) is 24.2 Å². The molecule has 76 valence electrons. The number of aromatic nitrogens is 1. The molecule has 2 heterocycles. The summed E-state index contributed by atoms with van der Waals surface area (Å²) in [5, 5.41) is 0. The highest BCUT2D eigenvalue weighted by atomic mass is 79.9. The van der Waals surface area contributed by atoms with Crippen LogP contribution in [0.4, 0.5) is 10.2 Å². The summed E-state index contributed by atoms with van der Waals surface area (Å²) in [6, 6.07) is 3.92. The number of hydrogen-bond donors (Lipinski definition) is 0. The van der Waals surface area contributed by atoms with Gasteiger partial charge >= 0.3 is 0 Å². The van der Waals surface area contributed by atoms with Crippen molar-refractivity contribution in [1.29, 1.82) is 0 Å². The lowest BCUT2D eigenvalue weighted by atomic mass is 10.1. The highest BCUT2D eigenvalue weighted by Gasteiger charge is 2.18. The molecule has 2 nitrogen and oxygen atoms in total. The first-order valence-corrected chi connectivity index (χ1v) is 5.55. The summed E-state index contributed by atoms with van der Waals surface area (Å²) in [7, 11) is 0. The lowest BCUT2D eigenvalue weighted by Crippen LogP contribution is -2.34. The molecule has 0 aliphatic carbocycles. The van der Waals surface area contributed by atoms with Crippen LogP contribution >= 0.6 is 15.9 Å². The summed E-state index contributed by atoms with van der Waals surface area (Å²) < 4.78 is 13.9. The zero-order chi connectivity index (χ0) is 9.97. The number of piperidine rings is 1. The van der Waals surface area contributed by atoms with E-state index in [-0.39, 0.29) is 0 Å². The highest BCUT2D eigenvalue weighted by Crippen LogP contribution is 2.20. The van der Waals surface area contributed by atoms with Crippen molar-refractivity contribution in [2.75, 3.05) is 18.0 Å². The van der Waals surface area contributed by atoms with Gasteiger partial charge in [-0.3, -0.25) is 0 Å². The average Bonchev–Trinajstić information content (AvgIpc) is 2.21. The SMILES string of the molecule is FC1CCN(c2ccc(Br)cn2)CC1. The number of alkyl halides is 1. The largest absolute Gasteiger partial charge is 0.356 e. The van der Waals surface area contributed by atoms with Crippen LogP contribution in [0.15, 0.2) is 22.8 Å². The normalized spacial score (nSPS) is 18.6. The van der Waals surface area contributed by atoms with Gasteiger partial charge in [0.05, 0.1) is 0 Å². The van der Waals surface area contributed by atoms with E-state index in [9.17, 15) is 4.39 Å². The van der Waals surface area contributed by atoms with E-state index in [1.807, 2.05) is 12.1 Å². The molecule has 1 aliphatic rings. The summed E-state index contributed by atoms with van der Waals surface area (Å²) in [4.78, 5) is 6.41. The topological polar surface area (TPSA) is 16.1 Å². The summed E-state index contributed by atoms with van der Waals surface area (Å²) in [6.07, 6.45) is 2.40. The molecule has 0 N–H and O–H groups in total. The van der Waals surface area contributed by atoms with E-state index in [4.69, 9.17) is 0 Å². The molecule has 1 fully saturated rings. The number of rotatable bonds is 1. The molecule has 1 aliphatic heterocycles. The predicted octanol–water partition coefficient (Wildman–Crippen LogP) is 2.78. The van der Waals surface area contributed by atoms with Gasteiger partial charge in [0.15, 0.2) is 0 Å². The number of nitrogens with zero attached hydrogens (tertiary/aromatic N) is 2. The molecule has 0 radical (unpaired) electrons. The van der Waals surface area contributed by atoms with Gasteiger partial charge in [0.25, 0.3) is 0 Å². The fraction of sp³-hybridized carbons (Fsp3) is 0.500. The van der Waals surface area contributed by atoms with Crippen LogP contribution in [0.1, 0.15) is 12.8 Å². The zero-order valence-corrected chi connectivity index (χ0v) is 9.37. The monoisotopic (exact) mass is 258 g/mol. The van der Waals surface area contributed by atoms with Crippen LogP contribution in [0.25, 0.3) is 0 Å². The van der Waals surface area contributed by atoms with E-state index in [0.29, 0.717) is 12.8 Å². The van der Waals surface area contributed by atoms with Crippen LogP contribution in [-0.2, 0) is 0 Å². The van der Waals surface area contributed by atoms with Crippen molar-refractivity contribution in [3.05, 3.63) is 22.8 Å². The first kappa shape index (κ1) is 9.90. The Morgan fingerprint density at radius 3 is 2.64 bits per heavy atom. The van der Waals surface area contributed by atoms with Crippen LogP contribution in [0.2, 0.25) is 0 Å². The van der Waals surface area contributed by atoms with Crippen molar-refractivity contribution in [1.82, 2.24) is 4.98 Å². The molecule has 2 rings (SSSR count). The number of halogens is 2. The Kier molecular flexibility index (Phi) is 3.01. The Morgan fingerprint density at radius 2 is 2.07 bits per heavy atom. The summed E-state index contributed by atoms with van der Waals surface area (Å²) in [6.45, 7) is 1.55. The first-order valence-electron chi connectivity index (χ1n) is 4.76. The van der Waals surface area contributed by atoms with Crippen LogP contribution in [0.3, 0.4) is 0 Å². The van der Waals surface area contributed by atoms with Crippen molar-refractivity contribution >= 4 is 21.7 Å². The molecule has 1 aromatic heterocycles. The maximum atomic E-state index is 12.9. The Labute approximate surface area is 91.3 Å². The molecule has 14 heavy (non-hydrogen) atoms. The zero-order valence-electron chi connectivity index (χ0n) is 7.79. The quantitative estimate of drug-likeness (QED) is 0.770. The van der Waals surface area contributed by atoms with Gasteiger partial charge in [0.2, 0.25) is 0 Å². The molecule has 0 unspecified atom stereocenters. The molecular formula is C10H12BrFN2. The maximum absolute atomic E-state index is 12.9. The Bertz CT molecular complexity index is 293. The highest BCUT2D eigenvalue weighted by molar-refractivity contribution is 9.10. The number of hydrogen-bond acceptors (Lipinski definition) is 2. The average molecular weight is 259 g/mol. The van der Waals surface area contributed by atoms with Gasteiger partial charge in [-0.15, -0.1) is 0 Å². The Morgan fingerprint density at radius 1 is 1.36 bits per heavy atom. The Hall–Kier alpha value is -0.640. The van der Waals surface area contributed by atoms with Gasteiger partial charge in [-0.1, -0.05) is 0 Å². The summed E-state index contributed by atoms with van der Waals surface area (Å²) in [5.74, 6) is 0.945. The second kappa shape index (κ2) is 4.26. The van der Waals surface area contributed by atoms with Gasteiger partial charge < -0.3 is 4.90 Å². The van der Waals surface area contributed by atoms with Gasteiger partial charge in [0, 0.05) is 23.8 Å². The van der Waals surface area contributed by atoms with E-state index in [0.717, 1.165) is 23.4 Å².